The van der Waals surface area contributed by atoms with Crippen LogP contribution >= 0.6 is 0 Å². The second kappa shape index (κ2) is 19.7. The van der Waals surface area contributed by atoms with Crippen LogP contribution in [0.3, 0.4) is 0 Å². The fourth-order valence-corrected chi connectivity index (χ4v) is 5.71. The van der Waals surface area contributed by atoms with Gasteiger partial charge >= 0.3 is 0 Å². The van der Waals surface area contributed by atoms with Gasteiger partial charge in [-0.15, -0.1) is 0 Å². The maximum absolute atomic E-state index is 14.0. The predicted octanol–water partition coefficient (Wildman–Crippen LogP) is 5.03. The number of likely N-dealkylation sites (N-methyl/N-ethyl adjacent to an activating group) is 1. The lowest BCUT2D eigenvalue weighted by Crippen LogP contribution is -2.55. The van der Waals surface area contributed by atoms with Crippen molar-refractivity contribution in [3.05, 3.63) is 137 Å². The molecule has 4 aromatic carbocycles. The fraction of sp³-hybridized carbons (Fsp3) is 0.310. The third-order valence-corrected chi connectivity index (χ3v) is 8.72. The number of nitrogens with one attached hydrogen (secondary N) is 6. The molecule has 4 aromatic rings. The van der Waals surface area contributed by atoms with Crippen LogP contribution in [-0.4, -0.2) is 60.8 Å². The molecule has 6 N–H and O–H groups in total. The first kappa shape index (κ1) is 40.0. The van der Waals surface area contributed by atoms with Crippen LogP contribution in [0, 0.1) is 5.92 Å². The third-order valence-electron chi connectivity index (χ3n) is 8.72. The number of amides is 5. The van der Waals surface area contributed by atoms with Crippen LogP contribution in [0.5, 0.6) is 0 Å². The Morgan fingerprint density at radius 3 is 1.75 bits per heavy atom. The number of rotatable bonds is 17. The summed E-state index contributed by atoms with van der Waals surface area (Å²) >= 11 is 0. The molecule has 0 unspecified atom stereocenters. The highest BCUT2D eigenvalue weighted by Crippen LogP contribution is 2.19. The van der Waals surface area contributed by atoms with E-state index in [2.05, 4.69) is 31.9 Å². The molecule has 0 heterocycles. The zero-order valence-corrected chi connectivity index (χ0v) is 30.9. The van der Waals surface area contributed by atoms with Crippen LogP contribution in [-0.2, 0) is 16.0 Å². The average molecular weight is 719 g/mol. The van der Waals surface area contributed by atoms with Gasteiger partial charge in [0, 0.05) is 41.5 Å². The summed E-state index contributed by atoms with van der Waals surface area (Å²) in [5.41, 5.74) is 2.93. The van der Waals surface area contributed by atoms with E-state index in [0.29, 0.717) is 18.5 Å². The molecule has 5 amide bonds. The van der Waals surface area contributed by atoms with Crippen molar-refractivity contribution in [2.75, 3.05) is 18.4 Å². The van der Waals surface area contributed by atoms with E-state index in [9.17, 15) is 24.0 Å². The molecule has 4 atom stereocenters. The molecular weight excluding hydrogens is 668 g/mol. The summed E-state index contributed by atoms with van der Waals surface area (Å²) in [5.74, 6) is -1.99. The number of hydrogen-bond acceptors (Lipinski definition) is 6. The van der Waals surface area contributed by atoms with Crippen molar-refractivity contribution in [1.29, 1.82) is 0 Å². The lowest BCUT2D eigenvalue weighted by atomic mass is 10.0. The van der Waals surface area contributed by atoms with Crippen LogP contribution in [0.25, 0.3) is 0 Å². The summed E-state index contributed by atoms with van der Waals surface area (Å²) in [5, 5.41) is 17.7. The van der Waals surface area contributed by atoms with Gasteiger partial charge in [0.2, 0.25) is 11.8 Å². The summed E-state index contributed by atoms with van der Waals surface area (Å²) in [6.07, 6.45) is 0.438. The van der Waals surface area contributed by atoms with Crippen molar-refractivity contribution in [2.45, 2.75) is 65.2 Å². The van der Waals surface area contributed by atoms with Crippen molar-refractivity contribution in [3.8, 4) is 0 Å². The van der Waals surface area contributed by atoms with E-state index in [1.807, 2.05) is 88.4 Å². The number of carbonyl (C=O) groups excluding carboxylic acids is 5. The molecule has 0 bridgehead atoms. The van der Waals surface area contributed by atoms with E-state index in [1.54, 1.807) is 43.3 Å². The lowest BCUT2D eigenvalue weighted by Gasteiger charge is -2.25. The number of hydrogen-bond donors (Lipinski definition) is 6. The molecule has 0 aliphatic rings. The first-order valence-electron chi connectivity index (χ1n) is 18.0. The maximum Gasteiger partial charge on any atom is 0.255 e. The first-order valence-corrected chi connectivity index (χ1v) is 18.0. The standard InChI is InChI=1S/C42H50N6O5/c1-6-43-42(53)37(27(2)3)48-38(49)29(5)44-26-36(22-30-16-10-7-11-17-30)47-41(52)34-23-33(40(51)45-28(4)31-18-12-8-13-19-31)24-35(25-34)46-39(50)32-20-14-9-15-21-32/h7-21,23-25,27-29,36-37,44H,6,22,26H2,1-5H3,(H,43,53)(H,45,51)(H,46,50)(H,47,52)(H,48,49)/t28-,29+,36+,37+/m1/s1. The smallest absolute Gasteiger partial charge is 0.255 e. The van der Waals surface area contributed by atoms with Crippen molar-refractivity contribution in [1.82, 2.24) is 26.6 Å². The van der Waals surface area contributed by atoms with Gasteiger partial charge in [0.15, 0.2) is 0 Å². The van der Waals surface area contributed by atoms with Gasteiger partial charge in [0.1, 0.15) is 6.04 Å². The van der Waals surface area contributed by atoms with E-state index in [1.165, 1.54) is 12.1 Å². The van der Waals surface area contributed by atoms with E-state index < -0.39 is 35.8 Å². The molecule has 0 radical (unpaired) electrons. The minimum absolute atomic E-state index is 0.121. The minimum atomic E-state index is -0.691. The largest absolute Gasteiger partial charge is 0.355 e. The van der Waals surface area contributed by atoms with Crippen LogP contribution < -0.4 is 31.9 Å². The molecule has 278 valence electrons. The van der Waals surface area contributed by atoms with Gasteiger partial charge in [-0.1, -0.05) is 92.7 Å². The Kier molecular flexibility index (Phi) is 14.9. The van der Waals surface area contributed by atoms with Crippen molar-refractivity contribution in [3.63, 3.8) is 0 Å². The number of carbonyl (C=O) groups is 5. The van der Waals surface area contributed by atoms with Crippen LogP contribution in [0.2, 0.25) is 0 Å². The number of benzene rings is 4. The molecule has 0 aromatic heterocycles. The quantitative estimate of drug-likeness (QED) is 0.0900. The van der Waals surface area contributed by atoms with Crippen molar-refractivity contribution < 1.29 is 24.0 Å². The molecule has 0 spiro atoms. The predicted molar refractivity (Wildman–Crippen MR) is 207 cm³/mol. The molecule has 53 heavy (non-hydrogen) atoms. The molecule has 4 rings (SSSR count). The van der Waals surface area contributed by atoms with E-state index in [0.717, 1.165) is 11.1 Å². The molecule has 0 fully saturated rings. The highest BCUT2D eigenvalue weighted by molar-refractivity contribution is 6.07. The SMILES string of the molecule is CCNC(=O)[C@@H](NC(=O)[C@H](C)NC[C@H](Cc1ccccc1)NC(=O)c1cc(NC(=O)c2ccccc2)cc(C(=O)N[C@H](C)c2ccccc2)c1)C(C)C. The second-order valence-corrected chi connectivity index (χ2v) is 13.3. The van der Waals surface area contributed by atoms with Crippen molar-refractivity contribution >= 4 is 35.2 Å². The highest BCUT2D eigenvalue weighted by atomic mass is 16.2. The molecule has 0 saturated carbocycles. The van der Waals surface area contributed by atoms with Gasteiger partial charge in [-0.05, 0) is 74.6 Å². The first-order chi connectivity index (χ1) is 25.4. The topological polar surface area (TPSA) is 158 Å². The zero-order valence-electron chi connectivity index (χ0n) is 30.9. The van der Waals surface area contributed by atoms with E-state index >= 15 is 0 Å². The molecule has 0 aliphatic heterocycles. The summed E-state index contributed by atoms with van der Waals surface area (Å²) in [4.78, 5) is 66.4. The van der Waals surface area contributed by atoms with Gasteiger partial charge in [0.05, 0.1) is 12.1 Å². The Morgan fingerprint density at radius 2 is 1.17 bits per heavy atom. The van der Waals surface area contributed by atoms with Gasteiger partial charge in [-0.2, -0.15) is 0 Å². The molecule has 0 saturated heterocycles. The Hall–Kier alpha value is -5.81. The Balaban J connectivity index is 1.56. The van der Waals surface area contributed by atoms with Gasteiger partial charge in [-0.25, -0.2) is 0 Å². The average Bonchev–Trinajstić information content (AvgIpc) is 3.16. The van der Waals surface area contributed by atoms with E-state index in [-0.39, 0.29) is 47.1 Å². The third kappa shape index (κ3) is 12.1. The van der Waals surface area contributed by atoms with Gasteiger partial charge in [0.25, 0.3) is 17.7 Å². The molecular formula is C42H50N6O5. The zero-order chi connectivity index (χ0) is 38.3. The molecule has 11 nitrogen and oxygen atoms in total. The lowest BCUT2D eigenvalue weighted by molar-refractivity contribution is -0.130. The molecule has 0 aliphatic carbocycles. The highest BCUT2D eigenvalue weighted by Gasteiger charge is 2.27. The fourth-order valence-electron chi connectivity index (χ4n) is 5.71. The van der Waals surface area contributed by atoms with Crippen LogP contribution in [0.15, 0.2) is 109 Å². The summed E-state index contributed by atoms with van der Waals surface area (Å²) in [6, 6.07) is 30.2. The van der Waals surface area contributed by atoms with E-state index in [4.69, 9.17) is 0 Å². The van der Waals surface area contributed by atoms with Gasteiger partial charge in [-0.3, -0.25) is 24.0 Å². The number of anilines is 1. The normalized spacial score (nSPS) is 13.2. The summed E-state index contributed by atoms with van der Waals surface area (Å²) in [6.45, 7) is 9.79. The van der Waals surface area contributed by atoms with Crippen LogP contribution in [0.4, 0.5) is 5.69 Å². The monoisotopic (exact) mass is 718 g/mol. The summed E-state index contributed by atoms with van der Waals surface area (Å²) in [7, 11) is 0. The van der Waals surface area contributed by atoms with Gasteiger partial charge < -0.3 is 31.9 Å². The second-order valence-electron chi connectivity index (χ2n) is 13.3. The minimum Gasteiger partial charge on any atom is -0.355 e. The molecule has 11 heteroatoms. The summed E-state index contributed by atoms with van der Waals surface area (Å²) < 4.78 is 0. The Bertz CT molecular complexity index is 1840. The van der Waals surface area contributed by atoms with Crippen molar-refractivity contribution in [2.24, 2.45) is 5.92 Å². The Labute approximate surface area is 311 Å². The maximum atomic E-state index is 14.0. The van der Waals surface area contributed by atoms with Crippen LogP contribution in [0.1, 0.15) is 82.9 Å². The Morgan fingerprint density at radius 1 is 0.604 bits per heavy atom.